The second-order valence-corrected chi connectivity index (χ2v) is 2.86. The van der Waals surface area contributed by atoms with Gasteiger partial charge in [-0.2, -0.15) is 0 Å². The molecular weight excluding hydrogens is 153 g/mol. The number of carbonyl (C=O) groups is 1. The molecule has 0 radical (unpaired) electrons. The largest absolute Gasteiger partial charge is 0.413 e. The molecule has 48 valence electrons. The predicted octanol–water partition coefficient (Wildman–Crippen LogP) is 1.23. The predicted molar refractivity (Wildman–Crippen MR) is 30.8 cm³/mol. The normalized spacial score (nSPS) is 10.9. The standard InChI is InChI=1S/C3H5Cl2NO2/c1-3(4,5)8-2(6)7/h1H3,(H2,6,7). The summed E-state index contributed by atoms with van der Waals surface area (Å²) in [5.74, 6) is 0. The fraction of sp³-hybridized carbons (Fsp3) is 0.667. The SMILES string of the molecule is CC(Cl)(Cl)OC(N)=O. The zero-order valence-corrected chi connectivity index (χ0v) is 5.66. The minimum absolute atomic E-state index is 0.988. The van der Waals surface area contributed by atoms with Crippen LogP contribution in [0.25, 0.3) is 0 Å². The van der Waals surface area contributed by atoms with Gasteiger partial charge in [0.15, 0.2) is 0 Å². The van der Waals surface area contributed by atoms with Crippen molar-refractivity contribution >= 4 is 29.3 Å². The van der Waals surface area contributed by atoms with Crippen LogP contribution in [0.4, 0.5) is 4.79 Å². The van der Waals surface area contributed by atoms with Gasteiger partial charge in [0.1, 0.15) is 0 Å². The molecule has 0 saturated heterocycles. The van der Waals surface area contributed by atoms with Crippen molar-refractivity contribution in [1.29, 1.82) is 0 Å². The molecule has 0 spiro atoms. The van der Waals surface area contributed by atoms with Crippen LogP contribution < -0.4 is 5.73 Å². The molecule has 2 N–H and O–H groups in total. The molecule has 0 fully saturated rings. The molecule has 0 aliphatic rings. The summed E-state index contributed by atoms with van der Waals surface area (Å²) in [6.07, 6.45) is -0.988. The fourth-order valence-corrected chi connectivity index (χ4v) is 0.329. The van der Waals surface area contributed by atoms with Crippen molar-refractivity contribution in [3.63, 3.8) is 0 Å². The van der Waals surface area contributed by atoms with Gasteiger partial charge in [-0.25, -0.2) is 4.79 Å². The van der Waals surface area contributed by atoms with Gasteiger partial charge >= 0.3 is 6.09 Å². The number of hydrogen-bond acceptors (Lipinski definition) is 2. The van der Waals surface area contributed by atoms with Crippen LogP contribution in [0.15, 0.2) is 0 Å². The van der Waals surface area contributed by atoms with Gasteiger partial charge in [0, 0.05) is 6.92 Å². The summed E-state index contributed by atoms with van der Waals surface area (Å²) in [7, 11) is 0. The van der Waals surface area contributed by atoms with Crippen molar-refractivity contribution in [3.05, 3.63) is 0 Å². The van der Waals surface area contributed by atoms with Crippen molar-refractivity contribution in [2.75, 3.05) is 0 Å². The fourth-order valence-electron chi connectivity index (χ4n) is 0.177. The molecule has 1 amide bonds. The molecule has 0 atom stereocenters. The summed E-state index contributed by atoms with van der Waals surface area (Å²) in [5.41, 5.74) is 4.55. The highest BCUT2D eigenvalue weighted by Gasteiger charge is 2.19. The number of halogens is 2. The van der Waals surface area contributed by atoms with Crippen LogP contribution in [0.1, 0.15) is 6.92 Å². The van der Waals surface area contributed by atoms with E-state index >= 15 is 0 Å². The van der Waals surface area contributed by atoms with Gasteiger partial charge in [-0.3, -0.25) is 0 Å². The third-order valence-electron chi connectivity index (χ3n) is 0.280. The van der Waals surface area contributed by atoms with Crippen molar-refractivity contribution in [2.45, 2.75) is 11.4 Å². The number of rotatable bonds is 1. The molecule has 0 unspecified atom stereocenters. The maximum Gasteiger partial charge on any atom is 0.407 e. The molecule has 8 heavy (non-hydrogen) atoms. The first-order chi connectivity index (χ1) is 3.42. The molecule has 0 aromatic rings. The Balaban J connectivity index is 3.55. The highest BCUT2D eigenvalue weighted by molar-refractivity contribution is 6.47. The zero-order chi connectivity index (χ0) is 6.78. The van der Waals surface area contributed by atoms with Gasteiger partial charge in [0.25, 0.3) is 4.52 Å². The van der Waals surface area contributed by atoms with Gasteiger partial charge in [0.05, 0.1) is 0 Å². The van der Waals surface area contributed by atoms with E-state index in [2.05, 4.69) is 10.5 Å². The second kappa shape index (κ2) is 2.42. The highest BCUT2D eigenvalue weighted by atomic mass is 35.5. The topological polar surface area (TPSA) is 52.3 Å². The van der Waals surface area contributed by atoms with Crippen LogP contribution >= 0.6 is 23.2 Å². The first-order valence-corrected chi connectivity index (χ1v) is 2.53. The van der Waals surface area contributed by atoms with Crippen LogP contribution in [-0.4, -0.2) is 10.6 Å². The summed E-state index contributed by atoms with van der Waals surface area (Å²) >= 11 is 10.3. The average molecular weight is 158 g/mol. The third-order valence-corrected chi connectivity index (χ3v) is 0.434. The number of amides is 1. The van der Waals surface area contributed by atoms with Crippen molar-refractivity contribution in [1.82, 2.24) is 0 Å². The quantitative estimate of drug-likeness (QED) is 0.583. The number of hydrogen-bond donors (Lipinski definition) is 1. The molecule has 0 aromatic carbocycles. The smallest absolute Gasteiger partial charge is 0.407 e. The van der Waals surface area contributed by atoms with Crippen LogP contribution in [0.2, 0.25) is 0 Å². The first-order valence-electron chi connectivity index (χ1n) is 1.78. The molecule has 0 rings (SSSR count). The van der Waals surface area contributed by atoms with E-state index in [9.17, 15) is 4.79 Å². The minimum Gasteiger partial charge on any atom is -0.413 e. The number of primary amides is 1. The lowest BCUT2D eigenvalue weighted by Gasteiger charge is -2.10. The molecule has 0 aromatic heterocycles. The Kier molecular flexibility index (Phi) is 2.37. The third kappa shape index (κ3) is 5.85. The lowest BCUT2D eigenvalue weighted by atomic mass is 10.8. The molecule has 0 heterocycles. The van der Waals surface area contributed by atoms with Crippen molar-refractivity contribution in [2.24, 2.45) is 5.73 Å². The van der Waals surface area contributed by atoms with E-state index in [0.29, 0.717) is 0 Å². The molecule has 3 nitrogen and oxygen atoms in total. The van der Waals surface area contributed by atoms with E-state index in [-0.39, 0.29) is 0 Å². The first kappa shape index (κ1) is 7.85. The molecule has 0 aliphatic carbocycles. The Labute approximate surface area is 56.7 Å². The number of ether oxygens (including phenoxy) is 1. The summed E-state index contributed by atoms with van der Waals surface area (Å²) < 4.78 is 2.60. The number of carbonyl (C=O) groups excluding carboxylic acids is 1. The van der Waals surface area contributed by atoms with Crippen LogP contribution in [0, 0.1) is 0 Å². The highest BCUT2D eigenvalue weighted by Crippen LogP contribution is 2.20. The van der Waals surface area contributed by atoms with Crippen molar-refractivity contribution < 1.29 is 9.53 Å². The van der Waals surface area contributed by atoms with Gasteiger partial charge < -0.3 is 10.5 Å². The zero-order valence-electron chi connectivity index (χ0n) is 4.15. The van der Waals surface area contributed by atoms with Crippen LogP contribution in [-0.2, 0) is 4.74 Å². The van der Waals surface area contributed by atoms with E-state index in [1.165, 1.54) is 6.92 Å². The summed E-state index contributed by atoms with van der Waals surface area (Å²) in [4.78, 5) is 9.85. The Morgan fingerprint density at radius 2 is 2.12 bits per heavy atom. The summed E-state index contributed by atoms with van der Waals surface area (Å²) in [5, 5.41) is 0. The summed E-state index contributed by atoms with van der Waals surface area (Å²) in [6, 6.07) is 0. The van der Waals surface area contributed by atoms with E-state index in [1.807, 2.05) is 0 Å². The number of alkyl halides is 2. The monoisotopic (exact) mass is 157 g/mol. The Morgan fingerprint density at radius 1 is 1.75 bits per heavy atom. The van der Waals surface area contributed by atoms with E-state index in [0.717, 1.165) is 0 Å². The number of nitrogens with two attached hydrogens (primary N) is 1. The molecular formula is C3H5Cl2NO2. The van der Waals surface area contributed by atoms with E-state index in [1.54, 1.807) is 0 Å². The Bertz CT molecular complexity index is 97.9. The molecule has 5 heteroatoms. The van der Waals surface area contributed by atoms with E-state index in [4.69, 9.17) is 23.2 Å². The second-order valence-electron chi connectivity index (χ2n) is 1.23. The van der Waals surface area contributed by atoms with Crippen molar-refractivity contribution in [3.8, 4) is 0 Å². The van der Waals surface area contributed by atoms with E-state index < -0.39 is 10.6 Å². The van der Waals surface area contributed by atoms with Gasteiger partial charge in [-0.05, 0) is 0 Å². The maximum absolute atomic E-state index is 9.85. The minimum atomic E-state index is -1.51. The van der Waals surface area contributed by atoms with Crippen LogP contribution in [0.3, 0.4) is 0 Å². The molecule has 0 aliphatic heterocycles. The Morgan fingerprint density at radius 3 is 2.12 bits per heavy atom. The van der Waals surface area contributed by atoms with Gasteiger partial charge in [0.2, 0.25) is 0 Å². The lowest BCUT2D eigenvalue weighted by Crippen LogP contribution is -2.23. The lowest BCUT2D eigenvalue weighted by molar-refractivity contribution is 0.133. The van der Waals surface area contributed by atoms with Crippen LogP contribution in [0.5, 0.6) is 0 Å². The maximum atomic E-state index is 9.85. The molecule has 0 bridgehead atoms. The molecule has 0 saturated carbocycles. The average Bonchev–Trinajstić information content (AvgIpc) is 1.21. The van der Waals surface area contributed by atoms with Gasteiger partial charge in [-0.1, -0.05) is 23.2 Å². The summed E-state index contributed by atoms with van der Waals surface area (Å²) in [6.45, 7) is 1.29. The van der Waals surface area contributed by atoms with Gasteiger partial charge in [-0.15, -0.1) is 0 Å². The Hall–Kier alpha value is -0.150.